The molecule has 0 unspecified atom stereocenters. The lowest BCUT2D eigenvalue weighted by Gasteiger charge is -2.31. The standard InChI is InChI=1S/C23H18ClN/c24-22-11-5-3-8-19(22)13-14-20-9-4-6-12-23(20)25-16-15-18-7-1-2-10-21(18)17-25/h1-12H,15-17H2. The van der Waals surface area contributed by atoms with Crippen LogP contribution in [0, 0.1) is 11.8 Å². The van der Waals surface area contributed by atoms with E-state index in [1.165, 1.54) is 16.8 Å². The number of hydrogen-bond acceptors (Lipinski definition) is 1. The van der Waals surface area contributed by atoms with Crippen LogP contribution in [0.15, 0.2) is 72.8 Å². The second-order valence-electron chi connectivity index (χ2n) is 6.19. The Labute approximate surface area is 153 Å². The predicted octanol–water partition coefficient (Wildman–Crippen LogP) is 5.30. The lowest BCUT2D eigenvalue weighted by atomic mass is 9.98. The van der Waals surface area contributed by atoms with Gasteiger partial charge in [-0.05, 0) is 41.8 Å². The Morgan fingerprint density at radius 1 is 0.720 bits per heavy atom. The zero-order valence-corrected chi connectivity index (χ0v) is 14.6. The summed E-state index contributed by atoms with van der Waals surface area (Å²) in [4.78, 5) is 2.42. The lowest BCUT2D eigenvalue weighted by Crippen LogP contribution is -2.30. The second kappa shape index (κ2) is 7.05. The highest BCUT2D eigenvalue weighted by Crippen LogP contribution is 2.27. The molecule has 25 heavy (non-hydrogen) atoms. The van der Waals surface area contributed by atoms with Gasteiger partial charge in [-0.2, -0.15) is 0 Å². The van der Waals surface area contributed by atoms with Crippen molar-refractivity contribution < 1.29 is 0 Å². The number of para-hydroxylation sites is 1. The smallest absolute Gasteiger partial charge is 0.0562 e. The first-order valence-electron chi connectivity index (χ1n) is 8.48. The number of fused-ring (bicyclic) bond motifs is 1. The quantitative estimate of drug-likeness (QED) is 0.542. The molecule has 0 spiro atoms. The number of benzene rings is 3. The molecule has 0 N–H and O–H groups in total. The van der Waals surface area contributed by atoms with E-state index in [9.17, 15) is 0 Å². The van der Waals surface area contributed by atoms with Crippen molar-refractivity contribution in [2.24, 2.45) is 0 Å². The molecule has 2 heteroatoms. The van der Waals surface area contributed by atoms with E-state index in [4.69, 9.17) is 11.6 Å². The van der Waals surface area contributed by atoms with Crippen molar-refractivity contribution in [3.8, 4) is 11.8 Å². The Bertz CT molecular complexity index is 965. The van der Waals surface area contributed by atoms with Crippen LogP contribution in [0.2, 0.25) is 5.02 Å². The average Bonchev–Trinajstić information content (AvgIpc) is 2.67. The molecule has 0 saturated carbocycles. The van der Waals surface area contributed by atoms with Gasteiger partial charge in [0.15, 0.2) is 0 Å². The minimum absolute atomic E-state index is 0.694. The van der Waals surface area contributed by atoms with E-state index in [1.54, 1.807) is 0 Å². The summed E-state index contributed by atoms with van der Waals surface area (Å²) in [6.07, 6.45) is 1.07. The van der Waals surface area contributed by atoms with Crippen molar-refractivity contribution in [3.05, 3.63) is 100 Å². The summed E-state index contributed by atoms with van der Waals surface area (Å²) >= 11 is 6.22. The Morgan fingerprint density at radius 3 is 2.20 bits per heavy atom. The third kappa shape index (κ3) is 3.40. The van der Waals surface area contributed by atoms with Gasteiger partial charge < -0.3 is 4.90 Å². The number of hydrogen-bond donors (Lipinski definition) is 0. The molecule has 3 aromatic rings. The maximum atomic E-state index is 6.22. The molecule has 1 aliphatic rings. The van der Waals surface area contributed by atoms with Gasteiger partial charge in [-0.25, -0.2) is 0 Å². The fourth-order valence-electron chi connectivity index (χ4n) is 3.25. The highest BCUT2D eigenvalue weighted by molar-refractivity contribution is 6.31. The molecule has 0 aliphatic carbocycles. The molecule has 4 rings (SSSR count). The third-order valence-corrected chi connectivity index (χ3v) is 4.91. The van der Waals surface area contributed by atoms with Gasteiger partial charge >= 0.3 is 0 Å². The summed E-state index contributed by atoms with van der Waals surface area (Å²) in [5, 5.41) is 0.694. The minimum atomic E-state index is 0.694. The molecule has 0 radical (unpaired) electrons. The van der Waals surface area contributed by atoms with Gasteiger partial charge in [0.1, 0.15) is 0 Å². The fraction of sp³-hybridized carbons (Fsp3) is 0.130. The maximum Gasteiger partial charge on any atom is 0.0562 e. The van der Waals surface area contributed by atoms with Crippen molar-refractivity contribution in [1.29, 1.82) is 0 Å². The maximum absolute atomic E-state index is 6.22. The van der Waals surface area contributed by atoms with E-state index in [0.717, 1.165) is 30.6 Å². The third-order valence-electron chi connectivity index (χ3n) is 4.58. The van der Waals surface area contributed by atoms with Crippen molar-refractivity contribution in [3.63, 3.8) is 0 Å². The van der Waals surface area contributed by atoms with Gasteiger partial charge in [0, 0.05) is 24.2 Å². The fourth-order valence-corrected chi connectivity index (χ4v) is 3.44. The largest absolute Gasteiger partial charge is 0.366 e. The van der Waals surface area contributed by atoms with Crippen molar-refractivity contribution in [2.45, 2.75) is 13.0 Å². The molecule has 0 bridgehead atoms. The Kier molecular flexibility index (Phi) is 4.46. The minimum Gasteiger partial charge on any atom is -0.366 e. The first kappa shape index (κ1) is 15.8. The predicted molar refractivity (Wildman–Crippen MR) is 105 cm³/mol. The lowest BCUT2D eigenvalue weighted by molar-refractivity contribution is 0.731. The van der Waals surface area contributed by atoms with Crippen LogP contribution in [-0.4, -0.2) is 6.54 Å². The number of rotatable bonds is 1. The van der Waals surface area contributed by atoms with Crippen LogP contribution in [0.3, 0.4) is 0 Å². The van der Waals surface area contributed by atoms with Crippen LogP contribution in [0.1, 0.15) is 22.3 Å². The molecule has 0 aromatic heterocycles. The summed E-state index contributed by atoms with van der Waals surface area (Å²) in [5.41, 5.74) is 5.96. The van der Waals surface area contributed by atoms with Gasteiger partial charge in [-0.1, -0.05) is 72.0 Å². The van der Waals surface area contributed by atoms with Crippen molar-refractivity contribution in [2.75, 3.05) is 11.4 Å². The highest BCUT2D eigenvalue weighted by atomic mass is 35.5. The molecular formula is C23H18ClN. The first-order chi connectivity index (χ1) is 12.3. The summed E-state index contributed by atoms with van der Waals surface area (Å²) in [7, 11) is 0. The molecule has 122 valence electrons. The summed E-state index contributed by atoms with van der Waals surface area (Å²) in [6, 6.07) is 24.8. The number of halogens is 1. The van der Waals surface area contributed by atoms with Crippen LogP contribution in [0.25, 0.3) is 0 Å². The van der Waals surface area contributed by atoms with Crippen LogP contribution in [0.4, 0.5) is 5.69 Å². The Hall–Kier alpha value is -2.69. The van der Waals surface area contributed by atoms with E-state index < -0.39 is 0 Å². The van der Waals surface area contributed by atoms with E-state index in [2.05, 4.69) is 59.2 Å². The van der Waals surface area contributed by atoms with Gasteiger partial charge in [0.2, 0.25) is 0 Å². The molecule has 0 saturated heterocycles. The highest BCUT2D eigenvalue weighted by Gasteiger charge is 2.17. The SMILES string of the molecule is Clc1ccccc1C#Cc1ccccc1N1CCc2ccccc2C1. The van der Waals surface area contributed by atoms with E-state index in [-0.39, 0.29) is 0 Å². The number of nitrogens with zero attached hydrogens (tertiary/aromatic N) is 1. The van der Waals surface area contributed by atoms with E-state index in [0.29, 0.717) is 5.02 Å². The molecule has 0 atom stereocenters. The van der Waals surface area contributed by atoms with E-state index >= 15 is 0 Å². The van der Waals surface area contributed by atoms with E-state index in [1.807, 2.05) is 30.3 Å². The summed E-state index contributed by atoms with van der Waals surface area (Å²) in [5.74, 6) is 6.53. The molecule has 1 heterocycles. The van der Waals surface area contributed by atoms with Gasteiger partial charge in [0.05, 0.1) is 10.7 Å². The molecule has 1 aliphatic heterocycles. The molecule has 0 fully saturated rings. The van der Waals surface area contributed by atoms with Gasteiger partial charge in [-0.15, -0.1) is 0 Å². The second-order valence-corrected chi connectivity index (χ2v) is 6.59. The van der Waals surface area contributed by atoms with Gasteiger partial charge in [0.25, 0.3) is 0 Å². The van der Waals surface area contributed by atoms with Crippen LogP contribution < -0.4 is 4.90 Å². The monoisotopic (exact) mass is 343 g/mol. The van der Waals surface area contributed by atoms with Crippen molar-refractivity contribution in [1.82, 2.24) is 0 Å². The summed E-state index contributed by atoms with van der Waals surface area (Å²) in [6.45, 7) is 1.95. The van der Waals surface area contributed by atoms with Gasteiger partial charge in [-0.3, -0.25) is 0 Å². The normalized spacial score (nSPS) is 12.9. The van der Waals surface area contributed by atoms with Crippen LogP contribution >= 0.6 is 11.6 Å². The molecule has 1 nitrogen and oxygen atoms in total. The Morgan fingerprint density at radius 2 is 1.36 bits per heavy atom. The topological polar surface area (TPSA) is 3.24 Å². The molecular weight excluding hydrogens is 326 g/mol. The van der Waals surface area contributed by atoms with Crippen LogP contribution in [-0.2, 0) is 13.0 Å². The number of anilines is 1. The van der Waals surface area contributed by atoms with Crippen molar-refractivity contribution >= 4 is 17.3 Å². The molecule has 3 aromatic carbocycles. The average molecular weight is 344 g/mol. The summed E-state index contributed by atoms with van der Waals surface area (Å²) < 4.78 is 0. The Balaban J connectivity index is 1.66. The van der Waals surface area contributed by atoms with Crippen LogP contribution in [0.5, 0.6) is 0 Å². The first-order valence-corrected chi connectivity index (χ1v) is 8.86. The zero-order valence-electron chi connectivity index (χ0n) is 13.9. The zero-order chi connectivity index (χ0) is 17.1. The molecule has 0 amide bonds.